The van der Waals surface area contributed by atoms with Crippen LogP contribution in [0.1, 0.15) is 16.8 Å². The monoisotopic (exact) mass is 451 g/mol. The van der Waals surface area contributed by atoms with E-state index in [4.69, 9.17) is 10.1 Å². The smallest absolute Gasteiger partial charge is 0.353 e. The largest absolute Gasteiger partial charge is 0.416 e. The minimum atomic E-state index is -4.31. The number of piperazine rings is 1. The molecule has 0 aliphatic carbocycles. The zero-order valence-electron chi connectivity index (χ0n) is 18.3. The minimum absolute atomic E-state index is 0.505. The molecule has 0 saturated carbocycles. The summed E-state index contributed by atoms with van der Waals surface area (Å²) in [6.45, 7) is 5.56. The molecule has 2 aromatic carbocycles. The summed E-state index contributed by atoms with van der Waals surface area (Å²) in [4.78, 5) is 9.14. The lowest BCUT2D eigenvalue weighted by Gasteiger charge is -2.35. The first-order valence-corrected chi connectivity index (χ1v) is 10.9. The molecule has 5 rings (SSSR count). The van der Waals surface area contributed by atoms with E-state index in [0.29, 0.717) is 12.1 Å². The number of imidazole rings is 1. The molecule has 5 nitrogen and oxygen atoms in total. The number of benzene rings is 2. The Morgan fingerprint density at radius 2 is 1.64 bits per heavy atom. The summed E-state index contributed by atoms with van der Waals surface area (Å²) in [7, 11) is 0. The number of anilines is 1. The molecule has 1 aliphatic heterocycles. The second-order valence-electron chi connectivity index (χ2n) is 8.33. The first-order valence-electron chi connectivity index (χ1n) is 10.9. The molecule has 0 atom stereocenters. The van der Waals surface area contributed by atoms with Gasteiger partial charge in [-0.05, 0) is 30.7 Å². The maximum absolute atomic E-state index is 13.0. The molecule has 33 heavy (non-hydrogen) atoms. The number of halogens is 3. The van der Waals surface area contributed by atoms with Gasteiger partial charge in [0.1, 0.15) is 5.82 Å². The van der Waals surface area contributed by atoms with E-state index < -0.39 is 11.7 Å². The van der Waals surface area contributed by atoms with E-state index in [1.165, 1.54) is 12.1 Å². The van der Waals surface area contributed by atoms with Crippen molar-refractivity contribution in [3.8, 4) is 11.3 Å². The van der Waals surface area contributed by atoms with Crippen LogP contribution in [0.3, 0.4) is 0 Å². The number of alkyl halides is 3. The second-order valence-corrected chi connectivity index (χ2v) is 8.33. The summed E-state index contributed by atoms with van der Waals surface area (Å²) in [5.74, 6) is 0.876. The van der Waals surface area contributed by atoms with Crippen molar-refractivity contribution < 1.29 is 13.2 Å². The lowest BCUT2D eigenvalue weighted by Crippen LogP contribution is -2.46. The van der Waals surface area contributed by atoms with E-state index in [0.717, 1.165) is 60.7 Å². The van der Waals surface area contributed by atoms with Gasteiger partial charge in [-0.1, -0.05) is 48.5 Å². The van der Waals surface area contributed by atoms with Gasteiger partial charge >= 0.3 is 6.18 Å². The number of hydrogen-bond acceptors (Lipinski definition) is 4. The molecule has 170 valence electrons. The highest BCUT2D eigenvalue weighted by atomic mass is 19.4. The Hall–Kier alpha value is -3.39. The van der Waals surface area contributed by atoms with Crippen molar-refractivity contribution in [1.82, 2.24) is 19.5 Å². The molecule has 3 heterocycles. The lowest BCUT2D eigenvalue weighted by molar-refractivity contribution is -0.137. The third kappa shape index (κ3) is 4.43. The molecular formula is C25H24F3N5. The molecule has 0 amide bonds. The molecule has 1 saturated heterocycles. The summed E-state index contributed by atoms with van der Waals surface area (Å²) in [5.41, 5.74) is 3.86. The topological polar surface area (TPSA) is 36.7 Å². The number of nitrogens with zero attached hydrogens (tertiary/aromatic N) is 5. The Bertz CT molecular complexity index is 1260. The number of rotatable bonds is 4. The zero-order valence-corrected chi connectivity index (χ0v) is 18.3. The van der Waals surface area contributed by atoms with Crippen molar-refractivity contribution in [2.75, 3.05) is 31.1 Å². The van der Waals surface area contributed by atoms with Crippen molar-refractivity contribution in [1.29, 1.82) is 0 Å². The van der Waals surface area contributed by atoms with Gasteiger partial charge in [0.2, 0.25) is 0 Å². The van der Waals surface area contributed by atoms with Crippen LogP contribution in [0.15, 0.2) is 66.7 Å². The van der Waals surface area contributed by atoms with Gasteiger partial charge in [0.05, 0.1) is 17.0 Å². The number of hydrogen-bond donors (Lipinski definition) is 0. The third-order valence-electron chi connectivity index (χ3n) is 6.09. The first kappa shape index (κ1) is 21.5. The summed E-state index contributed by atoms with van der Waals surface area (Å²) in [6.07, 6.45) is -4.31. The van der Waals surface area contributed by atoms with Crippen LogP contribution in [-0.2, 0) is 12.7 Å². The SMILES string of the molecule is Cc1c(-c2ccccc2)nc2ccc(N3CCN(Cc4cccc(C(F)(F)F)c4)CC3)nn12. The maximum atomic E-state index is 13.0. The summed E-state index contributed by atoms with van der Waals surface area (Å²) < 4.78 is 40.8. The van der Waals surface area contributed by atoms with Gasteiger partial charge in [-0.2, -0.15) is 13.2 Å². The molecule has 8 heteroatoms. The van der Waals surface area contributed by atoms with Crippen LogP contribution >= 0.6 is 0 Å². The van der Waals surface area contributed by atoms with E-state index >= 15 is 0 Å². The first-order chi connectivity index (χ1) is 15.9. The highest BCUT2D eigenvalue weighted by Gasteiger charge is 2.30. The van der Waals surface area contributed by atoms with Crippen molar-refractivity contribution in [2.45, 2.75) is 19.6 Å². The Balaban J connectivity index is 1.28. The normalized spacial score (nSPS) is 15.3. The standard InChI is InChI=1S/C25H24F3N5/c1-18-24(20-7-3-2-4-8-20)29-22-10-11-23(30-33(18)22)32-14-12-31(13-15-32)17-19-6-5-9-21(16-19)25(26,27)28/h2-11,16H,12-15,17H2,1H3. The van der Waals surface area contributed by atoms with Gasteiger partial charge in [0.15, 0.2) is 5.65 Å². The van der Waals surface area contributed by atoms with Gasteiger partial charge in [-0.3, -0.25) is 4.90 Å². The van der Waals surface area contributed by atoms with Crippen LogP contribution < -0.4 is 4.90 Å². The van der Waals surface area contributed by atoms with Crippen LogP contribution in [0.4, 0.5) is 19.0 Å². The van der Waals surface area contributed by atoms with E-state index in [1.54, 1.807) is 6.07 Å². The number of fused-ring (bicyclic) bond motifs is 1. The molecule has 0 radical (unpaired) electrons. The highest BCUT2D eigenvalue weighted by molar-refractivity contribution is 5.66. The molecular weight excluding hydrogens is 427 g/mol. The van der Waals surface area contributed by atoms with Gasteiger partial charge in [-0.25, -0.2) is 9.50 Å². The third-order valence-corrected chi connectivity index (χ3v) is 6.09. The summed E-state index contributed by atoms with van der Waals surface area (Å²) >= 11 is 0. The molecule has 1 fully saturated rings. The fourth-order valence-corrected chi connectivity index (χ4v) is 4.31. The molecule has 1 aliphatic rings. The Morgan fingerprint density at radius 1 is 0.879 bits per heavy atom. The quantitative estimate of drug-likeness (QED) is 0.435. The van der Waals surface area contributed by atoms with Crippen LogP contribution in [0.5, 0.6) is 0 Å². The molecule has 0 unspecified atom stereocenters. The van der Waals surface area contributed by atoms with E-state index in [1.807, 2.05) is 53.9 Å². The molecule has 0 N–H and O–H groups in total. The van der Waals surface area contributed by atoms with Crippen LogP contribution in [0, 0.1) is 6.92 Å². The van der Waals surface area contributed by atoms with E-state index in [-0.39, 0.29) is 0 Å². The van der Waals surface area contributed by atoms with Gasteiger partial charge in [-0.15, -0.1) is 5.10 Å². The van der Waals surface area contributed by atoms with Crippen molar-refractivity contribution in [3.63, 3.8) is 0 Å². The van der Waals surface area contributed by atoms with Crippen molar-refractivity contribution in [2.24, 2.45) is 0 Å². The maximum Gasteiger partial charge on any atom is 0.416 e. The summed E-state index contributed by atoms with van der Waals surface area (Å²) in [6, 6.07) is 19.6. The van der Waals surface area contributed by atoms with E-state index in [9.17, 15) is 13.2 Å². The highest BCUT2D eigenvalue weighted by Crippen LogP contribution is 2.30. The predicted molar refractivity (Wildman–Crippen MR) is 122 cm³/mol. The van der Waals surface area contributed by atoms with Crippen molar-refractivity contribution in [3.05, 3.63) is 83.6 Å². The van der Waals surface area contributed by atoms with Gasteiger partial charge in [0.25, 0.3) is 0 Å². The van der Waals surface area contributed by atoms with Crippen LogP contribution in [0.25, 0.3) is 16.9 Å². The Kier molecular flexibility index (Phi) is 5.54. The predicted octanol–water partition coefficient (Wildman–Crippen LogP) is 5.05. The van der Waals surface area contributed by atoms with E-state index in [2.05, 4.69) is 9.80 Å². The van der Waals surface area contributed by atoms with Crippen LogP contribution in [-0.4, -0.2) is 45.7 Å². The molecule has 2 aromatic heterocycles. The Labute approximate surface area is 190 Å². The zero-order chi connectivity index (χ0) is 23.0. The summed E-state index contributed by atoms with van der Waals surface area (Å²) in [5, 5.41) is 4.83. The minimum Gasteiger partial charge on any atom is -0.353 e. The average molecular weight is 451 g/mol. The Morgan fingerprint density at radius 3 is 2.36 bits per heavy atom. The van der Waals surface area contributed by atoms with Gasteiger partial charge in [0, 0.05) is 38.3 Å². The number of aromatic nitrogens is 3. The lowest BCUT2D eigenvalue weighted by atomic mass is 10.1. The fraction of sp³-hybridized carbons (Fsp3) is 0.280. The fourth-order valence-electron chi connectivity index (χ4n) is 4.31. The number of aryl methyl sites for hydroxylation is 1. The second kappa shape index (κ2) is 8.51. The van der Waals surface area contributed by atoms with Gasteiger partial charge < -0.3 is 4.90 Å². The van der Waals surface area contributed by atoms with Crippen molar-refractivity contribution >= 4 is 11.5 Å². The van der Waals surface area contributed by atoms with Crippen LogP contribution in [0.2, 0.25) is 0 Å². The molecule has 0 spiro atoms. The average Bonchev–Trinajstić information content (AvgIpc) is 3.16. The molecule has 4 aromatic rings. The molecule has 0 bridgehead atoms.